The van der Waals surface area contributed by atoms with Gasteiger partial charge in [-0.1, -0.05) is 23.9 Å². The summed E-state index contributed by atoms with van der Waals surface area (Å²) in [6.07, 6.45) is 2.92. The molecule has 1 atom stereocenters. The summed E-state index contributed by atoms with van der Waals surface area (Å²) < 4.78 is 18.7. The summed E-state index contributed by atoms with van der Waals surface area (Å²) in [6.45, 7) is 2.10. The number of benzene rings is 2. The third-order valence-corrected chi connectivity index (χ3v) is 6.96. The van der Waals surface area contributed by atoms with Gasteiger partial charge in [-0.25, -0.2) is 4.98 Å². The van der Waals surface area contributed by atoms with Crippen LogP contribution in [0.25, 0.3) is 5.69 Å². The number of methoxy groups -OCH3 is 1. The van der Waals surface area contributed by atoms with E-state index in [2.05, 4.69) is 4.98 Å². The number of carbonyl (C=O) groups excluding carboxylic acids is 2. The van der Waals surface area contributed by atoms with Crippen LogP contribution in [0.1, 0.15) is 0 Å². The van der Waals surface area contributed by atoms with Crippen LogP contribution in [0.3, 0.4) is 0 Å². The van der Waals surface area contributed by atoms with Gasteiger partial charge >= 0.3 is 0 Å². The van der Waals surface area contributed by atoms with Crippen LogP contribution in [0, 0.1) is 0 Å². The molecule has 2 amide bonds. The highest BCUT2D eigenvalue weighted by Crippen LogP contribution is 2.31. The molecular formula is C25H26N4O5S. The second-order valence-electron chi connectivity index (χ2n) is 8.14. The Labute approximate surface area is 207 Å². The molecule has 9 nitrogen and oxygen atoms in total. The van der Waals surface area contributed by atoms with Gasteiger partial charge in [-0.3, -0.25) is 14.2 Å². The number of ether oxygens (including phenoxy) is 3. The van der Waals surface area contributed by atoms with Crippen molar-refractivity contribution in [1.29, 1.82) is 0 Å². The fourth-order valence-corrected chi connectivity index (χ4v) is 4.95. The number of piperazine rings is 1. The fraction of sp³-hybridized carbons (Fsp3) is 0.320. The van der Waals surface area contributed by atoms with Crippen LogP contribution in [0.5, 0.6) is 17.2 Å². The van der Waals surface area contributed by atoms with Crippen LogP contribution >= 0.6 is 11.8 Å². The lowest BCUT2D eigenvalue weighted by Crippen LogP contribution is -2.55. The zero-order valence-corrected chi connectivity index (χ0v) is 20.1. The van der Waals surface area contributed by atoms with Gasteiger partial charge in [0.05, 0.1) is 12.9 Å². The molecule has 10 heteroatoms. The second-order valence-corrected chi connectivity index (χ2v) is 9.08. The third kappa shape index (κ3) is 5.07. The normalized spacial score (nSPS) is 17.2. The Morgan fingerprint density at radius 2 is 1.74 bits per heavy atom. The minimum atomic E-state index is -0.667. The lowest BCUT2D eigenvalue weighted by atomic mass is 10.2. The molecule has 1 fully saturated rings. The molecule has 3 aromatic rings. The Balaban J connectivity index is 1.12. The molecule has 182 valence electrons. The monoisotopic (exact) mass is 494 g/mol. The van der Waals surface area contributed by atoms with E-state index in [0.29, 0.717) is 37.7 Å². The summed E-state index contributed by atoms with van der Waals surface area (Å²) in [7, 11) is 1.63. The van der Waals surface area contributed by atoms with Crippen molar-refractivity contribution in [2.24, 2.45) is 0 Å². The van der Waals surface area contributed by atoms with Gasteiger partial charge in [-0.05, 0) is 36.4 Å². The van der Waals surface area contributed by atoms with Crippen molar-refractivity contribution in [2.75, 3.05) is 45.6 Å². The summed E-state index contributed by atoms with van der Waals surface area (Å²) in [6, 6.07) is 15.0. The first-order valence-electron chi connectivity index (χ1n) is 11.4. The molecule has 0 N–H and O–H groups in total. The number of carbonyl (C=O) groups is 2. The average Bonchev–Trinajstić information content (AvgIpc) is 3.40. The Hall–Kier alpha value is -3.66. The molecule has 3 heterocycles. The largest absolute Gasteiger partial charge is 0.497 e. The van der Waals surface area contributed by atoms with Gasteiger partial charge in [-0.2, -0.15) is 0 Å². The molecule has 0 saturated carbocycles. The number of thioether (sulfide) groups is 1. The molecule has 2 aliphatic heterocycles. The molecule has 0 spiro atoms. The topological polar surface area (TPSA) is 86.1 Å². The van der Waals surface area contributed by atoms with Gasteiger partial charge in [0.25, 0.3) is 5.91 Å². The number of amides is 2. The highest BCUT2D eigenvalue weighted by atomic mass is 32.2. The van der Waals surface area contributed by atoms with Crippen molar-refractivity contribution in [3.05, 3.63) is 60.9 Å². The number of para-hydroxylation sites is 2. The Morgan fingerprint density at radius 3 is 2.49 bits per heavy atom. The first kappa shape index (κ1) is 23.1. The van der Waals surface area contributed by atoms with E-state index in [0.717, 1.165) is 16.6 Å². The summed E-state index contributed by atoms with van der Waals surface area (Å²) in [5, 5.41) is 0.743. The number of hydrogen-bond acceptors (Lipinski definition) is 7. The van der Waals surface area contributed by atoms with Crippen LogP contribution in [0.4, 0.5) is 0 Å². The maximum atomic E-state index is 12.9. The van der Waals surface area contributed by atoms with Gasteiger partial charge in [0, 0.05) is 44.3 Å². The van der Waals surface area contributed by atoms with Crippen LogP contribution in [-0.4, -0.2) is 82.9 Å². The van der Waals surface area contributed by atoms with E-state index in [1.807, 2.05) is 53.2 Å². The Kier molecular flexibility index (Phi) is 6.80. The lowest BCUT2D eigenvalue weighted by Gasteiger charge is -2.37. The fourth-order valence-electron chi connectivity index (χ4n) is 4.07. The highest BCUT2D eigenvalue weighted by Gasteiger charge is 2.33. The van der Waals surface area contributed by atoms with Gasteiger partial charge < -0.3 is 24.0 Å². The van der Waals surface area contributed by atoms with Crippen molar-refractivity contribution in [3.8, 4) is 22.9 Å². The first-order valence-corrected chi connectivity index (χ1v) is 12.4. The molecule has 0 bridgehead atoms. The molecule has 1 unspecified atom stereocenters. The number of nitrogens with zero attached hydrogens (tertiary/aromatic N) is 4. The van der Waals surface area contributed by atoms with E-state index >= 15 is 0 Å². The van der Waals surface area contributed by atoms with E-state index in [1.54, 1.807) is 29.2 Å². The van der Waals surface area contributed by atoms with Gasteiger partial charge in [-0.15, -0.1) is 0 Å². The van der Waals surface area contributed by atoms with Gasteiger partial charge in [0.15, 0.2) is 16.7 Å². The number of fused-ring (bicyclic) bond motifs is 1. The Morgan fingerprint density at radius 1 is 1.03 bits per heavy atom. The molecule has 0 aliphatic carbocycles. The quantitative estimate of drug-likeness (QED) is 0.487. The van der Waals surface area contributed by atoms with Crippen molar-refractivity contribution in [3.63, 3.8) is 0 Å². The lowest BCUT2D eigenvalue weighted by molar-refractivity contribution is -0.145. The number of aromatic nitrogens is 2. The molecule has 2 aliphatic rings. The van der Waals surface area contributed by atoms with Crippen molar-refractivity contribution >= 4 is 23.6 Å². The summed E-state index contributed by atoms with van der Waals surface area (Å²) in [5.41, 5.74) is 0.946. The van der Waals surface area contributed by atoms with E-state index in [9.17, 15) is 9.59 Å². The van der Waals surface area contributed by atoms with Crippen LogP contribution in [0.2, 0.25) is 0 Å². The first-order chi connectivity index (χ1) is 17.1. The summed E-state index contributed by atoms with van der Waals surface area (Å²) >= 11 is 1.40. The second kappa shape index (κ2) is 10.3. The molecule has 5 rings (SSSR count). The summed E-state index contributed by atoms with van der Waals surface area (Å²) in [4.78, 5) is 33.7. The third-order valence-electron chi connectivity index (χ3n) is 6.01. The predicted octanol–water partition coefficient (Wildman–Crippen LogP) is 2.48. The van der Waals surface area contributed by atoms with Crippen LogP contribution in [-0.2, 0) is 9.59 Å². The number of hydrogen-bond donors (Lipinski definition) is 0. The van der Waals surface area contributed by atoms with Crippen molar-refractivity contribution in [2.45, 2.75) is 11.3 Å². The van der Waals surface area contributed by atoms with Crippen LogP contribution in [0.15, 0.2) is 66.1 Å². The molecule has 0 radical (unpaired) electrons. The smallest absolute Gasteiger partial charge is 0.267 e. The van der Waals surface area contributed by atoms with Gasteiger partial charge in [0.1, 0.15) is 12.4 Å². The van der Waals surface area contributed by atoms with E-state index in [-0.39, 0.29) is 24.2 Å². The summed E-state index contributed by atoms with van der Waals surface area (Å²) in [5.74, 6) is 2.20. The predicted molar refractivity (Wildman–Crippen MR) is 130 cm³/mol. The minimum absolute atomic E-state index is 0.0255. The van der Waals surface area contributed by atoms with E-state index < -0.39 is 6.10 Å². The Bertz CT molecular complexity index is 1190. The molecule has 35 heavy (non-hydrogen) atoms. The number of rotatable bonds is 6. The minimum Gasteiger partial charge on any atom is -0.497 e. The molecule has 1 aromatic heterocycles. The maximum absolute atomic E-state index is 12.9. The number of imidazole rings is 1. The molecule has 1 saturated heterocycles. The van der Waals surface area contributed by atoms with E-state index in [4.69, 9.17) is 14.2 Å². The van der Waals surface area contributed by atoms with Crippen molar-refractivity contribution < 1.29 is 23.8 Å². The van der Waals surface area contributed by atoms with Gasteiger partial charge in [0.2, 0.25) is 12.0 Å². The zero-order chi connectivity index (χ0) is 24.2. The maximum Gasteiger partial charge on any atom is 0.267 e. The average molecular weight is 495 g/mol. The molecule has 2 aromatic carbocycles. The zero-order valence-electron chi connectivity index (χ0n) is 19.3. The molecular weight excluding hydrogens is 468 g/mol. The SMILES string of the molecule is COc1ccc(-n2ccnc2SCC(=O)N2CCN(C(=O)C3COc4ccccc4O3)CC2)cc1. The standard InChI is InChI=1S/C25H26N4O5S/c1-32-19-8-6-18(7-9-19)29-11-10-26-25(29)35-17-23(30)27-12-14-28(15-13-27)24(31)22-16-33-20-4-2-3-5-21(20)34-22/h2-11,22H,12-17H2,1H3. The van der Waals surface area contributed by atoms with Crippen molar-refractivity contribution in [1.82, 2.24) is 19.4 Å². The van der Waals surface area contributed by atoms with Crippen LogP contribution < -0.4 is 14.2 Å². The highest BCUT2D eigenvalue weighted by molar-refractivity contribution is 7.99. The van der Waals surface area contributed by atoms with E-state index in [1.165, 1.54) is 11.8 Å².